The molecule has 6 nitrogen and oxygen atoms in total. The molecule has 2 aromatic carbocycles. The molecule has 3 rings (SSSR count). The number of H-pyrrole nitrogens is 1. The van der Waals surface area contributed by atoms with Gasteiger partial charge in [0.15, 0.2) is 0 Å². The van der Waals surface area contributed by atoms with Crippen LogP contribution in [0.25, 0.3) is 10.8 Å². The zero-order chi connectivity index (χ0) is 19.4. The van der Waals surface area contributed by atoms with E-state index in [9.17, 15) is 18.8 Å². The van der Waals surface area contributed by atoms with Gasteiger partial charge in [-0.1, -0.05) is 24.3 Å². The summed E-state index contributed by atoms with van der Waals surface area (Å²) in [5.74, 6) is -1.33. The average Bonchev–Trinajstić information content (AvgIpc) is 2.67. The van der Waals surface area contributed by atoms with Crippen LogP contribution in [0.1, 0.15) is 26.4 Å². The third kappa shape index (κ3) is 4.20. The lowest BCUT2D eigenvalue weighted by molar-refractivity contribution is 0.0925. The molecule has 1 heterocycles. The van der Waals surface area contributed by atoms with Crippen molar-refractivity contribution in [1.29, 1.82) is 0 Å². The number of aryl methyl sites for hydroxylation is 1. The highest BCUT2D eigenvalue weighted by atomic mass is 19.1. The molecular weight excluding hydrogens is 349 g/mol. The van der Waals surface area contributed by atoms with Crippen molar-refractivity contribution in [2.24, 2.45) is 0 Å². The zero-order valence-corrected chi connectivity index (χ0v) is 14.6. The van der Waals surface area contributed by atoms with E-state index in [4.69, 9.17) is 0 Å². The van der Waals surface area contributed by atoms with Crippen molar-refractivity contribution >= 4 is 22.6 Å². The molecule has 0 radical (unpaired) electrons. The Morgan fingerprint density at radius 1 is 1.00 bits per heavy atom. The maximum absolute atomic E-state index is 13.5. The van der Waals surface area contributed by atoms with Gasteiger partial charge in [0.05, 0.1) is 0 Å². The summed E-state index contributed by atoms with van der Waals surface area (Å²) in [6, 6.07) is 12.8. The Morgan fingerprint density at radius 3 is 2.44 bits per heavy atom. The highest BCUT2D eigenvalue weighted by Crippen LogP contribution is 2.10. The van der Waals surface area contributed by atoms with Crippen molar-refractivity contribution in [1.82, 2.24) is 15.6 Å². The number of aromatic amines is 1. The summed E-state index contributed by atoms with van der Waals surface area (Å²) in [5.41, 5.74) is 0.477. The highest BCUT2D eigenvalue weighted by molar-refractivity contribution is 5.96. The summed E-state index contributed by atoms with van der Waals surface area (Å²) < 4.78 is 13.5. The van der Waals surface area contributed by atoms with E-state index >= 15 is 0 Å². The van der Waals surface area contributed by atoms with Gasteiger partial charge in [0.25, 0.3) is 17.4 Å². The molecule has 0 unspecified atom stereocenters. The first-order chi connectivity index (χ1) is 13.0. The molecule has 0 aliphatic carbocycles. The molecule has 0 aliphatic rings. The van der Waals surface area contributed by atoms with E-state index in [2.05, 4.69) is 15.6 Å². The van der Waals surface area contributed by atoms with Crippen molar-refractivity contribution < 1.29 is 14.0 Å². The molecule has 0 atom stereocenters. The maximum Gasteiger partial charge on any atom is 0.267 e. The Kier molecular flexibility index (Phi) is 5.30. The Bertz CT molecular complexity index is 1080. The number of carbonyl (C=O) groups is 2. The number of benzene rings is 2. The fraction of sp³-hybridized carbons (Fsp3) is 0.150. The lowest BCUT2D eigenvalue weighted by atomic mass is 10.1. The quantitative estimate of drug-likeness (QED) is 0.604. The minimum absolute atomic E-state index is 0.144. The van der Waals surface area contributed by atoms with E-state index in [0.29, 0.717) is 16.3 Å². The second kappa shape index (κ2) is 7.82. The first-order valence-corrected chi connectivity index (χ1v) is 8.40. The Labute approximate surface area is 154 Å². The Morgan fingerprint density at radius 2 is 1.70 bits per heavy atom. The van der Waals surface area contributed by atoms with E-state index in [1.54, 1.807) is 37.3 Å². The molecule has 0 aliphatic heterocycles. The summed E-state index contributed by atoms with van der Waals surface area (Å²) in [7, 11) is 0. The van der Waals surface area contributed by atoms with E-state index in [0.717, 1.165) is 0 Å². The highest BCUT2D eigenvalue weighted by Gasteiger charge is 2.10. The topological polar surface area (TPSA) is 91.1 Å². The van der Waals surface area contributed by atoms with Crippen molar-refractivity contribution in [3.05, 3.63) is 81.5 Å². The van der Waals surface area contributed by atoms with Gasteiger partial charge in [-0.05, 0) is 42.1 Å². The number of halogens is 1. The van der Waals surface area contributed by atoms with E-state index in [1.165, 1.54) is 18.2 Å². The van der Waals surface area contributed by atoms with Crippen LogP contribution in [0.15, 0.2) is 53.3 Å². The molecule has 3 aromatic rings. The fourth-order valence-corrected chi connectivity index (χ4v) is 2.62. The third-order valence-corrected chi connectivity index (χ3v) is 4.13. The van der Waals surface area contributed by atoms with Crippen LogP contribution >= 0.6 is 0 Å². The second-order valence-corrected chi connectivity index (χ2v) is 6.08. The molecule has 7 heteroatoms. The summed E-state index contributed by atoms with van der Waals surface area (Å²) in [6.07, 6.45) is 0. The van der Waals surface area contributed by atoms with Crippen LogP contribution in [0.4, 0.5) is 4.39 Å². The smallest absolute Gasteiger partial charge is 0.267 e. The van der Waals surface area contributed by atoms with Gasteiger partial charge in [-0.15, -0.1) is 0 Å². The molecule has 0 bridgehead atoms. The minimum atomic E-state index is -0.450. The zero-order valence-electron chi connectivity index (χ0n) is 14.6. The summed E-state index contributed by atoms with van der Waals surface area (Å²) in [6.45, 7) is 1.94. The number of carbonyl (C=O) groups excluding carboxylic acids is 2. The first kappa shape index (κ1) is 18.3. The number of nitrogens with one attached hydrogen (secondary N) is 3. The number of rotatable bonds is 5. The molecule has 2 amide bonds. The van der Waals surface area contributed by atoms with Crippen LogP contribution in [0.5, 0.6) is 0 Å². The third-order valence-electron chi connectivity index (χ3n) is 4.13. The largest absolute Gasteiger partial charge is 0.350 e. The average molecular weight is 367 g/mol. The monoisotopic (exact) mass is 367 g/mol. The van der Waals surface area contributed by atoms with Gasteiger partial charge in [0, 0.05) is 24.0 Å². The Balaban J connectivity index is 1.56. The van der Waals surface area contributed by atoms with E-state index in [-0.39, 0.29) is 29.9 Å². The molecular formula is C20H18FN3O3. The lowest BCUT2D eigenvalue weighted by Crippen LogP contribution is -2.35. The number of fused-ring (bicyclic) bond motifs is 1. The number of hydrogen-bond acceptors (Lipinski definition) is 3. The molecule has 27 heavy (non-hydrogen) atoms. The molecule has 0 saturated heterocycles. The summed E-state index contributed by atoms with van der Waals surface area (Å²) in [4.78, 5) is 38.7. The van der Waals surface area contributed by atoms with Crippen LogP contribution in [-0.2, 0) is 0 Å². The summed E-state index contributed by atoms with van der Waals surface area (Å²) >= 11 is 0. The van der Waals surface area contributed by atoms with Crippen LogP contribution in [0.3, 0.4) is 0 Å². The van der Waals surface area contributed by atoms with Gasteiger partial charge in [0.2, 0.25) is 0 Å². The number of pyridine rings is 1. The maximum atomic E-state index is 13.5. The van der Waals surface area contributed by atoms with Crippen molar-refractivity contribution in [3.8, 4) is 0 Å². The fourth-order valence-electron chi connectivity index (χ4n) is 2.62. The van der Waals surface area contributed by atoms with E-state index < -0.39 is 17.6 Å². The van der Waals surface area contributed by atoms with Crippen LogP contribution in [-0.4, -0.2) is 29.9 Å². The van der Waals surface area contributed by atoms with Crippen molar-refractivity contribution in [3.63, 3.8) is 0 Å². The van der Waals surface area contributed by atoms with Crippen LogP contribution < -0.4 is 16.2 Å². The SMILES string of the molecule is Cc1ccc(C(=O)NCCNC(=O)c2cc3ccccc3c(=O)[nH]2)cc1F. The van der Waals surface area contributed by atoms with Crippen molar-refractivity contribution in [2.75, 3.05) is 13.1 Å². The number of hydrogen-bond donors (Lipinski definition) is 3. The second-order valence-electron chi connectivity index (χ2n) is 6.08. The van der Waals surface area contributed by atoms with Crippen LogP contribution in [0, 0.1) is 12.7 Å². The summed E-state index contributed by atoms with van der Waals surface area (Å²) in [5, 5.41) is 6.40. The standard InChI is InChI=1S/C20H18FN3O3/c1-12-6-7-14(10-16(12)21)18(25)22-8-9-23-20(27)17-11-13-4-2-3-5-15(13)19(26)24-17/h2-7,10-11H,8-9H2,1H3,(H,22,25)(H,23,27)(H,24,26). The lowest BCUT2D eigenvalue weighted by Gasteiger charge is -2.08. The van der Waals surface area contributed by atoms with Gasteiger partial charge >= 0.3 is 0 Å². The normalized spacial score (nSPS) is 10.6. The number of amides is 2. The molecule has 0 spiro atoms. The number of aromatic nitrogens is 1. The molecule has 3 N–H and O–H groups in total. The molecule has 0 fully saturated rings. The van der Waals surface area contributed by atoms with Gasteiger partial charge < -0.3 is 15.6 Å². The predicted molar refractivity (Wildman–Crippen MR) is 100 cm³/mol. The molecule has 138 valence electrons. The first-order valence-electron chi connectivity index (χ1n) is 8.40. The van der Waals surface area contributed by atoms with Gasteiger partial charge in [-0.3, -0.25) is 14.4 Å². The Hall–Kier alpha value is -3.48. The van der Waals surface area contributed by atoms with Crippen LogP contribution in [0.2, 0.25) is 0 Å². The van der Waals surface area contributed by atoms with Crippen molar-refractivity contribution in [2.45, 2.75) is 6.92 Å². The molecule has 0 saturated carbocycles. The van der Waals surface area contributed by atoms with E-state index in [1.807, 2.05) is 0 Å². The minimum Gasteiger partial charge on any atom is -0.350 e. The van der Waals surface area contributed by atoms with Gasteiger partial charge in [-0.25, -0.2) is 4.39 Å². The van der Waals surface area contributed by atoms with Gasteiger partial charge in [0.1, 0.15) is 11.5 Å². The van der Waals surface area contributed by atoms with Gasteiger partial charge in [-0.2, -0.15) is 0 Å². The predicted octanol–water partition coefficient (Wildman–Crippen LogP) is 2.14. The molecule has 1 aromatic heterocycles.